The first-order chi connectivity index (χ1) is 17.7. The molecular weight excluding hydrogens is 447 g/mol. The third kappa shape index (κ3) is 4.67. The largest absolute Gasteiger partial charge is 0.489 e. The Labute approximate surface area is 211 Å². The number of hydrogen-bond acceptors (Lipinski definition) is 3. The summed E-state index contributed by atoms with van der Waals surface area (Å²) in [6.45, 7) is 0.402. The number of benzene rings is 4. The van der Waals surface area contributed by atoms with Gasteiger partial charge in [0.2, 0.25) is 0 Å². The molecule has 3 nitrogen and oxygen atoms in total. The van der Waals surface area contributed by atoms with E-state index in [-0.39, 0.29) is 5.82 Å². The molecule has 3 atom stereocenters. The summed E-state index contributed by atoms with van der Waals surface area (Å²) in [6, 6.07) is 31.7. The highest BCUT2D eigenvalue weighted by atomic mass is 19.1. The van der Waals surface area contributed by atoms with Crippen molar-refractivity contribution in [3.8, 4) is 5.75 Å². The highest BCUT2D eigenvalue weighted by Gasteiger charge is 2.37. The zero-order valence-corrected chi connectivity index (χ0v) is 19.8. The Bertz CT molecular complexity index is 1390. The molecule has 36 heavy (non-hydrogen) atoms. The lowest BCUT2D eigenvalue weighted by atomic mass is 9.77. The number of ether oxygens (including phenoxy) is 1. The van der Waals surface area contributed by atoms with Crippen molar-refractivity contribution in [2.75, 3.05) is 5.32 Å². The molecule has 0 aromatic heterocycles. The van der Waals surface area contributed by atoms with Gasteiger partial charge in [-0.1, -0.05) is 54.6 Å². The van der Waals surface area contributed by atoms with Gasteiger partial charge in [0.1, 0.15) is 18.2 Å². The van der Waals surface area contributed by atoms with Crippen molar-refractivity contribution in [2.24, 2.45) is 10.9 Å². The minimum absolute atomic E-state index is 0.242. The summed E-state index contributed by atoms with van der Waals surface area (Å²) >= 11 is 0. The van der Waals surface area contributed by atoms with E-state index in [1.165, 1.54) is 28.9 Å². The van der Waals surface area contributed by atoms with Crippen LogP contribution in [0.15, 0.2) is 114 Å². The summed E-state index contributed by atoms with van der Waals surface area (Å²) in [5, 5.41) is 3.78. The van der Waals surface area contributed by atoms with Crippen LogP contribution < -0.4 is 10.1 Å². The average Bonchev–Trinajstić information content (AvgIpc) is 3.43. The summed E-state index contributed by atoms with van der Waals surface area (Å²) in [5.74, 6) is 1.54. The maximum Gasteiger partial charge on any atom is 0.123 e. The van der Waals surface area contributed by atoms with Gasteiger partial charge in [-0.15, -0.1) is 0 Å². The van der Waals surface area contributed by atoms with Crippen LogP contribution in [-0.2, 0) is 6.61 Å². The summed E-state index contributed by atoms with van der Waals surface area (Å²) in [4.78, 5) is 4.66. The molecule has 2 aliphatic rings. The van der Waals surface area contributed by atoms with Gasteiger partial charge in [0.15, 0.2) is 0 Å². The van der Waals surface area contributed by atoms with Crippen LogP contribution in [0.5, 0.6) is 5.75 Å². The quantitative estimate of drug-likeness (QED) is 0.227. The molecule has 0 amide bonds. The SMILES string of the molecule is Fc1ccc(COc2ccc(C=Nc3ccc([C@@H]4Nc5ccccc5[C@H]5C=CC[C@H]54)cc3)cc2)cc1. The van der Waals surface area contributed by atoms with E-state index < -0.39 is 0 Å². The zero-order valence-electron chi connectivity index (χ0n) is 19.8. The van der Waals surface area contributed by atoms with Gasteiger partial charge in [-0.2, -0.15) is 0 Å². The van der Waals surface area contributed by atoms with Crippen molar-refractivity contribution in [3.05, 3.63) is 137 Å². The average molecular weight is 475 g/mol. The Balaban J connectivity index is 1.10. The van der Waals surface area contributed by atoms with Gasteiger partial charge in [-0.3, -0.25) is 4.99 Å². The predicted molar refractivity (Wildman–Crippen MR) is 144 cm³/mol. The molecule has 0 bridgehead atoms. The van der Waals surface area contributed by atoms with Gasteiger partial charge in [-0.05, 0) is 89.2 Å². The Morgan fingerprint density at radius 1 is 0.889 bits per heavy atom. The highest BCUT2D eigenvalue weighted by Crippen LogP contribution is 2.49. The van der Waals surface area contributed by atoms with Gasteiger partial charge in [-0.25, -0.2) is 4.39 Å². The highest BCUT2D eigenvalue weighted by molar-refractivity contribution is 5.82. The molecule has 178 valence electrons. The van der Waals surface area contributed by atoms with Crippen molar-refractivity contribution < 1.29 is 9.13 Å². The number of rotatable bonds is 6. The third-order valence-corrected chi connectivity index (χ3v) is 7.09. The number of nitrogens with one attached hydrogen (secondary N) is 1. The predicted octanol–water partition coefficient (Wildman–Crippen LogP) is 7.98. The summed E-state index contributed by atoms with van der Waals surface area (Å²) in [7, 11) is 0. The van der Waals surface area contributed by atoms with E-state index in [4.69, 9.17) is 4.74 Å². The number of fused-ring (bicyclic) bond motifs is 3. The zero-order chi connectivity index (χ0) is 24.3. The summed E-state index contributed by atoms with van der Waals surface area (Å²) in [5.41, 5.74) is 6.79. The number of para-hydroxylation sites is 1. The van der Waals surface area contributed by atoms with Crippen LogP contribution in [0.2, 0.25) is 0 Å². The van der Waals surface area contributed by atoms with Crippen LogP contribution in [0.25, 0.3) is 0 Å². The number of allylic oxidation sites excluding steroid dienone is 2. The lowest BCUT2D eigenvalue weighted by Crippen LogP contribution is -2.28. The van der Waals surface area contributed by atoms with Crippen molar-refractivity contribution in [1.29, 1.82) is 0 Å². The van der Waals surface area contributed by atoms with Crippen molar-refractivity contribution in [2.45, 2.75) is 25.0 Å². The first kappa shape index (κ1) is 22.3. The molecule has 1 N–H and O–H groups in total. The minimum atomic E-state index is -0.242. The van der Waals surface area contributed by atoms with E-state index in [1.807, 2.05) is 30.5 Å². The molecule has 4 heteroatoms. The molecule has 0 radical (unpaired) electrons. The smallest absolute Gasteiger partial charge is 0.123 e. The fourth-order valence-electron chi connectivity index (χ4n) is 5.19. The second kappa shape index (κ2) is 9.82. The molecule has 0 saturated heterocycles. The number of halogens is 1. The molecule has 4 aromatic carbocycles. The Kier molecular flexibility index (Phi) is 6.08. The van der Waals surface area contributed by atoms with Crippen LogP contribution in [0.4, 0.5) is 15.8 Å². The number of anilines is 1. The minimum Gasteiger partial charge on any atom is -0.489 e. The van der Waals surface area contributed by atoms with Crippen molar-refractivity contribution >= 4 is 17.6 Å². The van der Waals surface area contributed by atoms with E-state index in [2.05, 4.69) is 71.0 Å². The van der Waals surface area contributed by atoms with E-state index in [0.717, 1.165) is 29.0 Å². The lowest BCUT2D eigenvalue weighted by Gasteiger charge is -2.37. The van der Waals surface area contributed by atoms with Crippen LogP contribution in [0.3, 0.4) is 0 Å². The van der Waals surface area contributed by atoms with Crippen LogP contribution >= 0.6 is 0 Å². The lowest BCUT2D eigenvalue weighted by molar-refractivity contribution is 0.306. The van der Waals surface area contributed by atoms with Gasteiger partial charge < -0.3 is 10.1 Å². The second-order valence-electron chi connectivity index (χ2n) is 9.40. The normalized spacial score (nSPS) is 20.1. The topological polar surface area (TPSA) is 33.6 Å². The Morgan fingerprint density at radius 3 is 2.47 bits per heavy atom. The van der Waals surface area contributed by atoms with Crippen molar-refractivity contribution in [3.63, 3.8) is 0 Å². The maximum atomic E-state index is 13.0. The first-order valence-corrected chi connectivity index (χ1v) is 12.4. The van der Waals surface area contributed by atoms with Gasteiger partial charge >= 0.3 is 0 Å². The van der Waals surface area contributed by atoms with E-state index >= 15 is 0 Å². The maximum absolute atomic E-state index is 13.0. The third-order valence-electron chi connectivity index (χ3n) is 7.09. The van der Waals surface area contributed by atoms with E-state index in [0.29, 0.717) is 24.5 Å². The van der Waals surface area contributed by atoms with E-state index in [1.54, 1.807) is 12.1 Å². The molecule has 0 fully saturated rings. The van der Waals surface area contributed by atoms with Gasteiger partial charge in [0.25, 0.3) is 0 Å². The summed E-state index contributed by atoms with van der Waals surface area (Å²) < 4.78 is 18.8. The standard InChI is InChI=1S/C32H27FN2O/c33-25-14-8-23(9-15-25)21-36-27-18-10-22(11-19-27)20-34-26-16-12-24(13-17-26)32-30-6-3-5-28(30)29-4-1-2-7-31(29)35-32/h1-5,7-20,28,30,32,35H,6,21H2/t28-,30-,32+/m1/s1. The first-order valence-electron chi connectivity index (χ1n) is 12.4. The fraction of sp³-hybridized carbons (Fsp3) is 0.156. The molecule has 0 spiro atoms. The van der Waals surface area contributed by atoms with Crippen LogP contribution in [0.1, 0.15) is 40.6 Å². The second-order valence-corrected chi connectivity index (χ2v) is 9.40. The van der Waals surface area contributed by atoms with Crippen LogP contribution in [-0.4, -0.2) is 6.21 Å². The summed E-state index contributed by atoms with van der Waals surface area (Å²) in [6.07, 6.45) is 7.66. The molecule has 6 rings (SSSR count). The monoisotopic (exact) mass is 474 g/mol. The molecule has 1 aliphatic heterocycles. The molecular formula is C32H27FN2O. The number of hydrogen-bond donors (Lipinski definition) is 1. The van der Waals surface area contributed by atoms with Crippen LogP contribution in [0, 0.1) is 11.7 Å². The molecule has 4 aromatic rings. The molecule has 1 heterocycles. The number of aliphatic imine (C=N–C) groups is 1. The number of nitrogens with zero attached hydrogens (tertiary/aromatic N) is 1. The Hall–Kier alpha value is -4.18. The van der Waals surface area contributed by atoms with Gasteiger partial charge in [0, 0.05) is 17.8 Å². The van der Waals surface area contributed by atoms with Gasteiger partial charge in [0.05, 0.1) is 11.7 Å². The fourth-order valence-corrected chi connectivity index (χ4v) is 5.19. The van der Waals surface area contributed by atoms with E-state index in [9.17, 15) is 4.39 Å². The Morgan fingerprint density at radius 2 is 1.67 bits per heavy atom. The molecule has 0 unspecified atom stereocenters. The molecule has 0 saturated carbocycles. The van der Waals surface area contributed by atoms with Crippen molar-refractivity contribution in [1.82, 2.24) is 0 Å². The molecule has 1 aliphatic carbocycles.